The van der Waals surface area contributed by atoms with E-state index in [9.17, 15) is 9.59 Å². The number of piperidine rings is 1. The molecule has 0 N–H and O–H groups in total. The molecule has 1 fully saturated rings. The zero-order chi connectivity index (χ0) is 15.2. The van der Waals surface area contributed by atoms with Gasteiger partial charge in [-0.05, 0) is 31.9 Å². The van der Waals surface area contributed by atoms with Crippen molar-refractivity contribution in [1.29, 1.82) is 0 Å². The predicted octanol–water partition coefficient (Wildman–Crippen LogP) is 1.90. The van der Waals surface area contributed by atoms with Crippen molar-refractivity contribution in [3.8, 4) is 11.5 Å². The lowest BCUT2D eigenvalue weighted by Gasteiger charge is -2.30. The van der Waals surface area contributed by atoms with Gasteiger partial charge in [-0.15, -0.1) is 0 Å². The van der Waals surface area contributed by atoms with Crippen LogP contribution in [0.5, 0.6) is 11.5 Å². The smallest absolute Gasteiger partial charge is 0.260 e. The number of ketones is 1. The van der Waals surface area contributed by atoms with E-state index in [2.05, 4.69) is 0 Å². The van der Waals surface area contributed by atoms with Crippen LogP contribution in [0, 0.1) is 5.92 Å². The quantitative estimate of drug-likeness (QED) is 0.831. The van der Waals surface area contributed by atoms with Crippen molar-refractivity contribution in [2.45, 2.75) is 19.8 Å². The van der Waals surface area contributed by atoms with Gasteiger partial charge in [0.25, 0.3) is 5.91 Å². The molecule has 0 bridgehead atoms. The monoisotopic (exact) mass is 291 g/mol. The molecule has 1 amide bonds. The fourth-order valence-corrected chi connectivity index (χ4v) is 2.50. The summed E-state index contributed by atoms with van der Waals surface area (Å²) in [6.07, 6.45) is 1.49. The molecule has 5 nitrogen and oxygen atoms in total. The molecule has 114 valence electrons. The number of amides is 1. The lowest BCUT2D eigenvalue weighted by Crippen LogP contribution is -2.42. The van der Waals surface area contributed by atoms with E-state index in [4.69, 9.17) is 9.47 Å². The van der Waals surface area contributed by atoms with Crippen LogP contribution in [0.15, 0.2) is 24.3 Å². The molecule has 1 aliphatic rings. The molecule has 0 aliphatic carbocycles. The third kappa shape index (κ3) is 3.97. The van der Waals surface area contributed by atoms with Crippen molar-refractivity contribution >= 4 is 11.7 Å². The van der Waals surface area contributed by atoms with Crippen molar-refractivity contribution in [3.63, 3.8) is 0 Å². The van der Waals surface area contributed by atoms with Crippen molar-refractivity contribution in [2.75, 3.05) is 26.8 Å². The van der Waals surface area contributed by atoms with Gasteiger partial charge < -0.3 is 14.4 Å². The number of Topliss-reactive ketones (excluding diaryl/α,β-unsaturated/α-hetero) is 1. The van der Waals surface area contributed by atoms with E-state index in [0.29, 0.717) is 24.6 Å². The van der Waals surface area contributed by atoms with Crippen molar-refractivity contribution in [3.05, 3.63) is 24.3 Å². The highest BCUT2D eigenvalue weighted by Gasteiger charge is 2.25. The highest BCUT2D eigenvalue weighted by atomic mass is 16.5. The van der Waals surface area contributed by atoms with E-state index in [-0.39, 0.29) is 24.2 Å². The largest absolute Gasteiger partial charge is 0.493 e. The zero-order valence-electron chi connectivity index (χ0n) is 12.5. The third-order valence-corrected chi connectivity index (χ3v) is 3.84. The topological polar surface area (TPSA) is 55.8 Å². The minimum Gasteiger partial charge on any atom is -0.493 e. The Morgan fingerprint density at radius 3 is 2.38 bits per heavy atom. The van der Waals surface area contributed by atoms with Crippen molar-refractivity contribution < 1.29 is 19.1 Å². The van der Waals surface area contributed by atoms with Gasteiger partial charge in [-0.2, -0.15) is 0 Å². The number of hydrogen-bond acceptors (Lipinski definition) is 4. The second-order valence-electron chi connectivity index (χ2n) is 5.21. The summed E-state index contributed by atoms with van der Waals surface area (Å²) in [4.78, 5) is 25.2. The van der Waals surface area contributed by atoms with E-state index in [1.165, 1.54) is 0 Å². The normalized spacial score (nSPS) is 15.6. The Morgan fingerprint density at radius 2 is 1.81 bits per heavy atom. The standard InChI is InChI=1S/C16H21NO4/c1-12(18)13-7-9-17(10-8-13)16(19)11-21-15-6-4-3-5-14(15)20-2/h3-6,13H,7-11H2,1-2H3. The molecule has 0 saturated carbocycles. The Balaban J connectivity index is 1.84. The Kier molecular flexibility index (Phi) is 5.20. The van der Waals surface area contributed by atoms with Crippen LogP contribution in [0.25, 0.3) is 0 Å². The molecule has 2 rings (SSSR count). The van der Waals surface area contributed by atoms with Gasteiger partial charge in [-0.1, -0.05) is 12.1 Å². The van der Waals surface area contributed by atoms with Crippen LogP contribution in [-0.4, -0.2) is 43.4 Å². The molecule has 1 aromatic carbocycles. The number of para-hydroxylation sites is 2. The summed E-state index contributed by atoms with van der Waals surface area (Å²) in [5, 5.41) is 0. The van der Waals surface area contributed by atoms with E-state index in [1.807, 2.05) is 12.1 Å². The van der Waals surface area contributed by atoms with E-state index in [0.717, 1.165) is 12.8 Å². The molecule has 1 aromatic rings. The summed E-state index contributed by atoms with van der Waals surface area (Å²) in [6, 6.07) is 7.24. The van der Waals surface area contributed by atoms with Gasteiger partial charge in [-0.3, -0.25) is 9.59 Å². The Labute approximate surface area is 124 Å². The lowest BCUT2D eigenvalue weighted by molar-refractivity contribution is -0.136. The highest BCUT2D eigenvalue weighted by molar-refractivity contribution is 5.80. The molecule has 0 unspecified atom stereocenters. The maximum atomic E-state index is 12.1. The Hall–Kier alpha value is -2.04. The lowest BCUT2D eigenvalue weighted by atomic mass is 9.93. The SMILES string of the molecule is COc1ccccc1OCC(=O)N1CCC(C(C)=O)CC1. The van der Waals surface area contributed by atoms with Crippen LogP contribution in [-0.2, 0) is 9.59 Å². The number of nitrogens with zero attached hydrogens (tertiary/aromatic N) is 1. The molecule has 1 aliphatic heterocycles. The fourth-order valence-electron chi connectivity index (χ4n) is 2.50. The summed E-state index contributed by atoms with van der Waals surface area (Å²) in [5.74, 6) is 1.44. The van der Waals surface area contributed by atoms with Crippen molar-refractivity contribution in [1.82, 2.24) is 4.90 Å². The molecule has 0 radical (unpaired) electrons. The summed E-state index contributed by atoms with van der Waals surface area (Å²) >= 11 is 0. The van der Waals surface area contributed by atoms with E-state index < -0.39 is 0 Å². The van der Waals surface area contributed by atoms with Gasteiger partial charge in [-0.25, -0.2) is 0 Å². The number of likely N-dealkylation sites (tertiary alicyclic amines) is 1. The van der Waals surface area contributed by atoms with Gasteiger partial charge in [0.1, 0.15) is 5.78 Å². The molecule has 5 heteroatoms. The first-order valence-electron chi connectivity index (χ1n) is 7.16. The van der Waals surface area contributed by atoms with Gasteiger partial charge in [0.05, 0.1) is 7.11 Å². The first-order chi connectivity index (χ1) is 10.1. The van der Waals surface area contributed by atoms with E-state index in [1.54, 1.807) is 31.1 Å². The summed E-state index contributed by atoms with van der Waals surface area (Å²) in [7, 11) is 1.57. The van der Waals surface area contributed by atoms with Crippen LogP contribution in [0.4, 0.5) is 0 Å². The number of rotatable bonds is 5. The highest BCUT2D eigenvalue weighted by Crippen LogP contribution is 2.26. The number of methoxy groups -OCH3 is 1. The molecule has 1 saturated heterocycles. The molecule has 1 heterocycles. The Morgan fingerprint density at radius 1 is 1.19 bits per heavy atom. The average molecular weight is 291 g/mol. The first-order valence-corrected chi connectivity index (χ1v) is 7.16. The third-order valence-electron chi connectivity index (χ3n) is 3.84. The Bertz CT molecular complexity index is 507. The minimum absolute atomic E-state index is 0.00882. The second kappa shape index (κ2) is 7.11. The fraction of sp³-hybridized carbons (Fsp3) is 0.500. The molecule has 0 atom stereocenters. The molecule has 21 heavy (non-hydrogen) atoms. The maximum absolute atomic E-state index is 12.1. The maximum Gasteiger partial charge on any atom is 0.260 e. The summed E-state index contributed by atoms with van der Waals surface area (Å²) in [6.45, 7) is 2.86. The van der Waals surface area contributed by atoms with Gasteiger partial charge in [0.15, 0.2) is 18.1 Å². The van der Waals surface area contributed by atoms with Crippen LogP contribution >= 0.6 is 0 Å². The van der Waals surface area contributed by atoms with Crippen LogP contribution in [0.1, 0.15) is 19.8 Å². The summed E-state index contributed by atoms with van der Waals surface area (Å²) < 4.78 is 10.7. The van der Waals surface area contributed by atoms with Gasteiger partial charge in [0.2, 0.25) is 0 Å². The van der Waals surface area contributed by atoms with Crippen LogP contribution < -0.4 is 9.47 Å². The van der Waals surface area contributed by atoms with E-state index >= 15 is 0 Å². The summed E-state index contributed by atoms with van der Waals surface area (Å²) in [5.41, 5.74) is 0. The second-order valence-corrected chi connectivity index (χ2v) is 5.21. The minimum atomic E-state index is -0.0529. The molecular formula is C16H21NO4. The van der Waals surface area contributed by atoms with Crippen molar-refractivity contribution in [2.24, 2.45) is 5.92 Å². The average Bonchev–Trinajstić information content (AvgIpc) is 2.52. The van der Waals surface area contributed by atoms with Crippen LogP contribution in [0.2, 0.25) is 0 Å². The van der Waals surface area contributed by atoms with Crippen LogP contribution in [0.3, 0.4) is 0 Å². The van der Waals surface area contributed by atoms with Gasteiger partial charge >= 0.3 is 0 Å². The predicted molar refractivity (Wildman–Crippen MR) is 78.5 cm³/mol. The molecule has 0 spiro atoms. The first kappa shape index (κ1) is 15.4. The zero-order valence-corrected chi connectivity index (χ0v) is 12.5. The number of carbonyl (C=O) groups is 2. The number of hydrogen-bond donors (Lipinski definition) is 0. The van der Waals surface area contributed by atoms with Gasteiger partial charge in [0, 0.05) is 19.0 Å². The molecular weight excluding hydrogens is 270 g/mol. The number of ether oxygens (including phenoxy) is 2. The number of benzene rings is 1. The molecule has 0 aromatic heterocycles. The number of carbonyl (C=O) groups excluding carboxylic acids is 2.